The van der Waals surface area contributed by atoms with Crippen LogP contribution < -0.4 is 0 Å². The minimum atomic E-state index is -0.662. The van der Waals surface area contributed by atoms with E-state index in [-0.39, 0.29) is 34.5 Å². The van der Waals surface area contributed by atoms with Crippen molar-refractivity contribution in [1.29, 1.82) is 0 Å². The van der Waals surface area contributed by atoms with Gasteiger partial charge in [0.15, 0.2) is 0 Å². The summed E-state index contributed by atoms with van der Waals surface area (Å²) in [5.74, 6) is -1.64. The van der Waals surface area contributed by atoms with Crippen LogP contribution in [0, 0.1) is 11.8 Å². The van der Waals surface area contributed by atoms with Gasteiger partial charge in [-0.05, 0) is 44.9 Å². The lowest BCUT2D eigenvalue weighted by Crippen LogP contribution is -2.55. The molecule has 3 unspecified atom stereocenters. The van der Waals surface area contributed by atoms with Crippen molar-refractivity contribution >= 4 is 45.5 Å². The molecule has 9 heteroatoms. The molecule has 3 fully saturated rings. The molecule has 7 nitrogen and oxygen atoms in total. The molecular weight excluding hydrogens is 544 g/mol. The SMILES string of the molecule is C=CCCCCOC(=O)[C@H]1[C@H]2C(=O)N(CCCCO)C(C(=O)N(CC=C)CCCC)C23CC(Br)[C@@H]1S3. The number of fused-ring (bicyclic) bond motifs is 1. The standard InChI is InChI=1S/C27H41BrN2O5S/c1-4-7-9-12-17-35-26(34)20-21-24(32)30(15-10-11-16-31)23(27(21)18-19(28)22(20)36-27)25(33)29(13-6-3)14-8-5-2/h4,6,19-23,31H,1,3,5,7-18H2,2H3/t19?,20-,21-,22-,23?,27?/m0/s1. The van der Waals surface area contributed by atoms with Crippen molar-refractivity contribution in [1.82, 2.24) is 9.80 Å². The second kappa shape index (κ2) is 13.5. The second-order valence-corrected chi connectivity index (χ2v) is 12.7. The summed E-state index contributed by atoms with van der Waals surface area (Å²) in [6, 6.07) is -0.633. The molecular formula is C27H41BrN2O5S. The molecule has 3 aliphatic heterocycles. The van der Waals surface area contributed by atoms with Crippen LogP contribution in [0.3, 0.4) is 0 Å². The van der Waals surface area contributed by atoms with Crippen LogP contribution in [0.25, 0.3) is 0 Å². The van der Waals surface area contributed by atoms with Crippen molar-refractivity contribution in [2.75, 3.05) is 32.8 Å². The number of allylic oxidation sites excluding steroid dienone is 1. The number of esters is 1. The van der Waals surface area contributed by atoms with E-state index in [0.29, 0.717) is 45.5 Å². The molecule has 0 radical (unpaired) electrons. The first kappa shape index (κ1) is 29.2. The Labute approximate surface area is 228 Å². The van der Waals surface area contributed by atoms with Crippen LogP contribution in [-0.4, -0.2) is 86.4 Å². The molecule has 0 aromatic carbocycles. The molecule has 1 N–H and O–H groups in total. The number of thioether (sulfide) groups is 1. The van der Waals surface area contributed by atoms with E-state index >= 15 is 0 Å². The van der Waals surface area contributed by atoms with Crippen molar-refractivity contribution in [3.63, 3.8) is 0 Å². The maximum Gasteiger partial charge on any atom is 0.310 e. The summed E-state index contributed by atoms with van der Waals surface area (Å²) in [6.07, 6.45) is 9.77. The average molecular weight is 586 g/mol. The first-order chi connectivity index (χ1) is 17.4. The van der Waals surface area contributed by atoms with Crippen molar-refractivity contribution in [3.8, 4) is 0 Å². The topological polar surface area (TPSA) is 87.1 Å². The smallest absolute Gasteiger partial charge is 0.310 e. The number of hydrogen-bond donors (Lipinski definition) is 1. The largest absolute Gasteiger partial charge is 0.465 e. The van der Waals surface area contributed by atoms with E-state index in [9.17, 15) is 19.5 Å². The number of ether oxygens (including phenoxy) is 1. The first-order valence-corrected chi connectivity index (χ1v) is 15.1. The number of carbonyl (C=O) groups excluding carboxylic acids is 3. The summed E-state index contributed by atoms with van der Waals surface area (Å²) in [5.41, 5.74) is 0. The zero-order chi connectivity index (χ0) is 26.3. The molecule has 3 saturated heterocycles. The summed E-state index contributed by atoms with van der Waals surface area (Å²) in [6.45, 7) is 11.4. The van der Waals surface area contributed by atoms with Gasteiger partial charge in [-0.15, -0.1) is 24.9 Å². The maximum atomic E-state index is 14.1. The van der Waals surface area contributed by atoms with Gasteiger partial charge in [0.1, 0.15) is 6.04 Å². The maximum absolute atomic E-state index is 14.1. The number of aliphatic hydroxyl groups excluding tert-OH is 1. The summed E-state index contributed by atoms with van der Waals surface area (Å²) < 4.78 is 5.01. The number of hydrogen-bond acceptors (Lipinski definition) is 6. The number of amides is 2. The minimum absolute atomic E-state index is 0.0288. The Morgan fingerprint density at radius 2 is 2.03 bits per heavy atom. The van der Waals surface area contributed by atoms with Crippen molar-refractivity contribution in [2.24, 2.45) is 11.8 Å². The number of carbonyl (C=O) groups is 3. The van der Waals surface area contributed by atoms with Gasteiger partial charge in [-0.25, -0.2) is 0 Å². The Hall–Kier alpha value is -1.32. The highest BCUT2D eigenvalue weighted by molar-refractivity contribution is 9.09. The summed E-state index contributed by atoms with van der Waals surface area (Å²) in [4.78, 5) is 44.9. The van der Waals surface area contributed by atoms with Gasteiger partial charge in [0.2, 0.25) is 11.8 Å². The van der Waals surface area contributed by atoms with Crippen LogP contribution in [0.4, 0.5) is 0 Å². The number of aliphatic hydroxyl groups is 1. The molecule has 0 aromatic heterocycles. The van der Waals surface area contributed by atoms with Crippen molar-refractivity contribution < 1.29 is 24.2 Å². The molecule has 6 atom stereocenters. The lowest BCUT2D eigenvalue weighted by atomic mass is 9.71. The Morgan fingerprint density at radius 1 is 1.25 bits per heavy atom. The van der Waals surface area contributed by atoms with E-state index in [1.165, 1.54) is 0 Å². The number of nitrogens with zero attached hydrogens (tertiary/aromatic N) is 2. The number of rotatable bonds is 16. The molecule has 0 saturated carbocycles. The molecule has 36 heavy (non-hydrogen) atoms. The molecule has 3 heterocycles. The van der Waals surface area contributed by atoms with Crippen LogP contribution in [0.1, 0.15) is 58.3 Å². The highest BCUT2D eigenvalue weighted by atomic mass is 79.9. The molecule has 1 spiro atoms. The van der Waals surface area contributed by atoms with Gasteiger partial charge < -0.3 is 19.6 Å². The summed E-state index contributed by atoms with van der Waals surface area (Å²) >= 11 is 5.42. The molecule has 2 bridgehead atoms. The average Bonchev–Trinajstić information content (AvgIpc) is 3.45. The van der Waals surface area contributed by atoms with Gasteiger partial charge in [0, 0.05) is 36.3 Å². The number of halogens is 1. The Kier molecular flexibility index (Phi) is 10.9. The third-order valence-corrected chi connectivity index (χ3v) is 10.8. The second-order valence-electron chi connectivity index (χ2n) is 10.0. The quantitative estimate of drug-likeness (QED) is 0.128. The fourth-order valence-corrected chi connectivity index (χ4v) is 9.54. The Balaban J connectivity index is 1.90. The van der Waals surface area contributed by atoms with Crippen LogP contribution in [0.15, 0.2) is 25.3 Å². The van der Waals surface area contributed by atoms with Crippen LogP contribution in [0.5, 0.6) is 0 Å². The fourth-order valence-electron chi connectivity index (χ4n) is 5.94. The lowest BCUT2D eigenvalue weighted by Gasteiger charge is -2.37. The van der Waals surface area contributed by atoms with Crippen LogP contribution >= 0.6 is 27.7 Å². The Morgan fingerprint density at radius 3 is 2.69 bits per heavy atom. The van der Waals surface area contributed by atoms with Gasteiger partial charge in [-0.1, -0.05) is 41.4 Å². The lowest BCUT2D eigenvalue weighted by molar-refractivity contribution is -0.154. The first-order valence-electron chi connectivity index (χ1n) is 13.3. The molecule has 0 aromatic rings. The zero-order valence-electron chi connectivity index (χ0n) is 21.4. The highest BCUT2D eigenvalue weighted by Gasteiger charge is 2.76. The zero-order valence-corrected chi connectivity index (χ0v) is 23.8. The van der Waals surface area contributed by atoms with Crippen LogP contribution in [-0.2, 0) is 19.1 Å². The van der Waals surface area contributed by atoms with E-state index in [0.717, 1.165) is 32.1 Å². The number of alkyl halides is 1. The van der Waals surface area contributed by atoms with E-state index in [2.05, 4.69) is 36.0 Å². The minimum Gasteiger partial charge on any atom is -0.465 e. The highest BCUT2D eigenvalue weighted by Crippen LogP contribution is 2.68. The fraction of sp³-hybridized carbons (Fsp3) is 0.741. The van der Waals surface area contributed by atoms with E-state index in [4.69, 9.17) is 4.74 Å². The predicted octanol–water partition coefficient (Wildman–Crippen LogP) is 3.94. The normalized spacial score (nSPS) is 30.4. The third-order valence-electron chi connectivity index (χ3n) is 7.59. The molecule has 0 aliphatic carbocycles. The molecule has 2 amide bonds. The summed E-state index contributed by atoms with van der Waals surface area (Å²) in [7, 11) is 0. The summed E-state index contributed by atoms with van der Waals surface area (Å²) in [5, 5.41) is 9.22. The molecule has 202 valence electrons. The van der Waals surface area contributed by atoms with Gasteiger partial charge in [0.05, 0.1) is 23.2 Å². The molecule has 3 aliphatic rings. The monoisotopic (exact) mass is 584 g/mol. The molecule has 3 rings (SSSR count). The van der Waals surface area contributed by atoms with Gasteiger partial charge in [-0.2, -0.15) is 0 Å². The van der Waals surface area contributed by atoms with E-state index in [1.807, 2.05) is 11.0 Å². The van der Waals surface area contributed by atoms with E-state index < -0.39 is 22.6 Å². The van der Waals surface area contributed by atoms with Gasteiger partial charge in [0.25, 0.3) is 0 Å². The van der Waals surface area contributed by atoms with Gasteiger partial charge >= 0.3 is 5.97 Å². The number of unbranched alkanes of at least 4 members (excludes halogenated alkanes) is 4. The van der Waals surface area contributed by atoms with Crippen LogP contribution in [0.2, 0.25) is 0 Å². The predicted molar refractivity (Wildman–Crippen MR) is 147 cm³/mol. The Bertz CT molecular complexity index is 826. The van der Waals surface area contributed by atoms with Crippen molar-refractivity contribution in [2.45, 2.75) is 79.2 Å². The van der Waals surface area contributed by atoms with Crippen molar-refractivity contribution in [3.05, 3.63) is 25.3 Å². The number of likely N-dealkylation sites (tertiary alicyclic amines) is 1. The van der Waals surface area contributed by atoms with E-state index in [1.54, 1.807) is 22.7 Å². The van der Waals surface area contributed by atoms with Gasteiger partial charge in [-0.3, -0.25) is 14.4 Å². The third kappa shape index (κ3) is 5.73.